The Hall–Kier alpha value is -0.940. The number of rotatable bonds is 3. The number of hydrogen-bond donors (Lipinski definition) is 0. The lowest BCUT2D eigenvalue weighted by molar-refractivity contribution is 0.971. The topological polar surface area (TPSA) is 29.0 Å². The summed E-state index contributed by atoms with van der Waals surface area (Å²) in [5.74, 6) is 0. The highest BCUT2D eigenvalue weighted by Gasteiger charge is 2.07. The molecule has 0 bridgehead atoms. The molecular weight excluding hydrogens is 286 g/mol. The van der Waals surface area contributed by atoms with Crippen LogP contribution in [0.4, 0.5) is 5.13 Å². The number of benzene rings is 1. The maximum absolute atomic E-state index is 4.18. The molecule has 3 nitrogen and oxygen atoms in total. The van der Waals surface area contributed by atoms with Crippen LogP contribution in [0.25, 0.3) is 0 Å². The van der Waals surface area contributed by atoms with Gasteiger partial charge in [-0.15, -0.1) is 10.2 Å². The van der Waals surface area contributed by atoms with Crippen LogP contribution in [0.1, 0.15) is 10.6 Å². The molecule has 5 heteroatoms. The zero-order valence-corrected chi connectivity index (χ0v) is 11.5. The van der Waals surface area contributed by atoms with Gasteiger partial charge < -0.3 is 4.90 Å². The number of anilines is 1. The Balaban J connectivity index is 2.18. The van der Waals surface area contributed by atoms with Gasteiger partial charge in [-0.3, -0.25) is 0 Å². The van der Waals surface area contributed by atoms with Crippen LogP contribution >= 0.6 is 27.3 Å². The number of hydrogen-bond acceptors (Lipinski definition) is 4. The highest BCUT2D eigenvalue weighted by molar-refractivity contribution is 9.10. The lowest BCUT2D eigenvalue weighted by atomic mass is 10.2. The van der Waals surface area contributed by atoms with Gasteiger partial charge in [0.2, 0.25) is 5.13 Å². The molecule has 0 spiro atoms. The number of aromatic nitrogens is 2. The molecule has 2 aromatic rings. The Labute approximate surface area is 107 Å². The van der Waals surface area contributed by atoms with Crippen molar-refractivity contribution in [3.8, 4) is 0 Å². The normalized spacial score (nSPS) is 10.4. The molecule has 0 N–H and O–H groups in total. The van der Waals surface area contributed by atoms with Gasteiger partial charge in [0.05, 0.1) is 0 Å². The van der Waals surface area contributed by atoms with E-state index in [-0.39, 0.29) is 0 Å². The van der Waals surface area contributed by atoms with Crippen molar-refractivity contribution in [2.45, 2.75) is 6.42 Å². The Bertz CT molecular complexity index is 482. The third-order valence-corrected chi connectivity index (χ3v) is 4.00. The highest BCUT2D eigenvalue weighted by Crippen LogP contribution is 2.23. The van der Waals surface area contributed by atoms with Crippen LogP contribution < -0.4 is 4.90 Å². The first-order valence-corrected chi connectivity index (χ1v) is 6.51. The molecular formula is C11H12BrN3S. The molecule has 1 heterocycles. The van der Waals surface area contributed by atoms with Crippen LogP contribution in [0.15, 0.2) is 28.7 Å². The van der Waals surface area contributed by atoms with Gasteiger partial charge in [0.1, 0.15) is 5.01 Å². The van der Waals surface area contributed by atoms with Gasteiger partial charge in [0, 0.05) is 25.0 Å². The summed E-state index contributed by atoms with van der Waals surface area (Å²) in [7, 11) is 3.95. The monoisotopic (exact) mass is 297 g/mol. The molecule has 0 saturated heterocycles. The maximum Gasteiger partial charge on any atom is 0.207 e. The van der Waals surface area contributed by atoms with Gasteiger partial charge in [0.15, 0.2) is 0 Å². The molecule has 0 atom stereocenters. The van der Waals surface area contributed by atoms with Crippen molar-refractivity contribution in [1.29, 1.82) is 0 Å². The van der Waals surface area contributed by atoms with Crippen molar-refractivity contribution >= 4 is 32.4 Å². The zero-order chi connectivity index (χ0) is 11.5. The molecule has 0 saturated carbocycles. The fraction of sp³-hybridized carbons (Fsp3) is 0.273. The van der Waals surface area contributed by atoms with E-state index in [9.17, 15) is 0 Å². The van der Waals surface area contributed by atoms with Crippen LogP contribution in [0.5, 0.6) is 0 Å². The van der Waals surface area contributed by atoms with E-state index in [1.165, 1.54) is 5.56 Å². The van der Waals surface area contributed by atoms with E-state index in [1.54, 1.807) is 11.3 Å². The second kappa shape index (κ2) is 4.93. The second-order valence-electron chi connectivity index (χ2n) is 3.64. The summed E-state index contributed by atoms with van der Waals surface area (Å²) in [5, 5.41) is 10.3. The summed E-state index contributed by atoms with van der Waals surface area (Å²) >= 11 is 5.16. The first-order valence-electron chi connectivity index (χ1n) is 4.90. The lowest BCUT2D eigenvalue weighted by Crippen LogP contribution is -2.07. The van der Waals surface area contributed by atoms with E-state index in [0.29, 0.717) is 0 Å². The predicted molar refractivity (Wildman–Crippen MR) is 71.2 cm³/mol. The second-order valence-corrected chi connectivity index (χ2v) is 5.54. The van der Waals surface area contributed by atoms with Crippen molar-refractivity contribution in [3.05, 3.63) is 39.3 Å². The van der Waals surface area contributed by atoms with E-state index in [4.69, 9.17) is 0 Å². The third kappa shape index (κ3) is 2.59. The van der Waals surface area contributed by atoms with E-state index in [2.05, 4.69) is 32.2 Å². The van der Waals surface area contributed by atoms with E-state index in [1.807, 2.05) is 37.2 Å². The fourth-order valence-electron chi connectivity index (χ4n) is 1.30. The van der Waals surface area contributed by atoms with E-state index in [0.717, 1.165) is 21.0 Å². The Morgan fingerprint density at radius 3 is 2.62 bits per heavy atom. The first-order chi connectivity index (χ1) is 7.66. The summed E-state index contributed by atoms with van der Waals surface area (Å²) in [6, 6.07) is 8.19. The molecule has 0 fully saturated rings. The van der Waals surface area contributed by atoms with Crippen molar-refractivity contribution in [3.63, 3.8) is 0 Å². The van der Waals surface area contributed by atoms with Gasteiger partial charge in [-0.25, -0.2) is 0 Å². The van der Waals surface area contributed by atoms with Gasteiger partial charge in [-0.2, -0.15) is 0 Å². The average molecular weight is 298 g/mol. The molecule has 0 aliphatic rings. The van der Waals surface area contributed by atoms with Crippen LogP contribution in [0, 0.1) is 0 Å². The zero-order valence-electron chi connectivity index (χ0n) is 9.14. The summed E-state index contributed by atoms with van der Waals surface area (Å²) in [5.41, 5.74) is 1.24. The quantitative estimate of drug-likeness (QED) is 0.872. The minimum absolute atomic E-state index is 0.826. The minimum atomic E-state index is 0.826. The molecule has 0 aliphatic carbocycles. The summed E-state index contributed by atoms with van der Waals surface area (Å²) in [6.45, 7) is 0. The smallest absolute Gasteiger partial charge is 0.207 e. The average Bonchev–Trinajstić information content (AvgIpc) is 2.70. The number of nitrogens with zero attached hydrogens (tertiary/aromatic N) is 3. The Morgan fingerprint density at radius 1 is 1.25 bits per heavy atom. The Morgan fingerprint density at radius 2 is 2.00 bits per heavy atom. The van der Waals surface area contributed by atoms with Gasteiger partial charge in [0.25, 0.3) is 0 Å². The predicted octanol–water partition coefficient (Wildman–Crippen LogP) is 2.96. The molecule has 0 unspecified atom stereocenters. The molecule has 0 aliphatic heterocycles. The lowest BCUT2D eigenvalue weighted by Gasteiger charge is -2.04. The minimum Gasteiger partial charge on any atom is -0.353 e. The number of halogens is 1. The first kappa shape index (κ1) is 11.5. The molecule has 0 radical (unpaired) electrons. The van der Waals surface area contributed by atoms with Crippen molar-refractivity contribution in [2.75, 3.05) is 19.0 Å². The molecule has 16 heavy (non-hydrogen) atoms. The van der Waals surface area contributed by atoms with Crippen LogP contribution in [0.2, 0.25) is 0 Å². The molecule has 1 aromatic heterocycles. The standard InChI is InChI=1S/C11H12BrN3S/c1-15(2)11-14-13-10(16-11)7-8-5-3-4-6-9(8)12/h3-6H,7H2,1-2H3. The molecule has 2 rings (SSSR count). The van der Waals surface area contributed by atoms with Gasteiger partial charge >= 0.3 is 0 Å². The maximum atomic E-state index is 4.18. The largest absolute Gasteiger partial charge is 0.353 e. The van der Waals surface area contributed by atoms with Crippen LogP contribution in [-0.2, 0) is 6.42 Å². The van der Waals surface area contributed by atoms with Crippen LogP contribution in [0.3, 0.4) is 0 Å². The summed E-state index contributed by atoms with van der Waals surface area (Å²) in [4.78, 5) is 1.97. The van der Waals surface area contributed by atoms with Crippen LogP contribution in [-0.4, -0.2) is 24.3 Å². The van der Waals surface area contributed by atoms with Gasteiger partial charge in [-0.05, 0) is 11.6 Å². The van der Waals surface area contributed by atoms with Crippen molar-refractivity contribution in [2.24, 2.45) is 0 Å². The summed E-state index contributed by atoms with van der Waals surface area (Å²) in [6.07, 6.45) is 0.826. The van der Waals surface area contributed by atoms with E-state index >= 15 is 0 Å². The van der Waals surface area contributed by atoms with Crippen molar-refractivity contribution < 1.29 is 0 Å². The highest BCUT2D eigenvalue weighted by atomic mass is 79.9. The third-order valence-electron chi connectivity index (χ3n) is 2.14. The SMILES string of the molecule is CN(C)c1nnc(Cc2ccccc2Br)s1. The summed E-state index contributed by atoms with van der Waals surface area (Å²) < 4.78 is 1.12. The fourth-order valence-corrected chi connectivity index (χ4v) is 2.51. The Kier molecular flexibility index (Phi) is 3.56. The molecule has 1 aromatic carbocycles. The van der Waals surface area contributed by atoms with Crippen molar-refractivity contribution in [1.82, 2.24) is 10.2 Å². The molecule has 0 amide bonds. The molecule has 84 valence electrons. The van der Waals surface area contributed by atoms with Gasteiger partial charge in [-0.1, -0.05) is 45.5 Å². The van der Waals surface area contributed by atoms with E-state index < -0.39 is 0 Å².